The Morgan fingerprint density at radius 1 is 1.00 bits per heavy atom. The molecule has 1 atom stereocenters. The van der Waals surface area contributed by atoms with E-state index in [-0.39, 0.29) is 17.7 Å². The summed E-state index contributed by atoms with van der Waals surface area (Å²) in [7, 11) is 0. The molecule has 3 rings (SSSR count). The first-order valence-corrected chi connectivity index (χ1v) is 8.44. The second-order valence-electron chi connectivity index (χ2n) is 6.48. The van der Waals surface area contributed by atoms with Gasteiger partial charge in [0.05, 0.1) is 5.92 Å². The summed E-state index contributed by atoms with van der Waals surface area (Å²) in [6.45, 7) is 6.38. The van der Waals surface area contributed by atoms with Crippen LogP contribution in [-0.4, -0.2) is 47.8 Å². The maximum absolute atomic E-state index is 12.7. The van der Waals surface area contributed by atoms with Gasteiger partial charge in [-0.3, -0.25) is 9.59 Å². The van der Waals surface area contributed by atoms with Crippen LogP contribution in [0.5, 0.6) is 0 Å². The van der Waals surface area contributed by atoms with Crippen LogP contribution in [0.15, 0.2) is 43.0 Å². The van der Waals surface area contributed by atoms with E-state index in [2.05, 4.69) is 30.8 Å². The topological polar surface area (TPSA) is 40.6 Å². The van der Waals surface area contributed by atoms with Gasteiger partial charge < -0.3 is 9.80 Å². The van der Waals surface area contributed by atoms with E-state index in [0.29, 0.717) is 19.0 Å². The Hall–Kier alpha value is -2.10. The fourth-order valence-electron chi connectivity index (χ4n) is 3.71. The van der Waals surface area contributed by atoms with Gasteiger partial charge in [0, 0.05) is 26.2 Å². The lowest BCUT2D eigenvalue weighted by Crippen LogP contribution is -2.42. The normalized spacial score (nSPS) is 22.2. The lowest BCUT2D eigenvalue weighted by Gasteiger charge is -2.33. The lowest BCUT2D eigenvalue weighted by atomic mass is 9.89. The quantitative estimate of drug-likeness (QED) is 0.804. The van der Waals surface area contributed by atoms with Gasteiger partial charge in [-0.25, -0.2) is 0 Å². The van der Waals surface area contributed by atoms with Crippen molar-refractivity contribution in [2.75, 3.05) is 26.2 Å². The summed E-state index contributed by atoms with van der Waals surface area (Å²) in [5.41, 5.74) is 1.38. The van der Waals surface area contributed by atoms with Gasteiger partial charge in [-0.05, 0) is 36.8 Å². The van der Waals surface area contributed by atoms with Crippen LogP contribution in [0.3, 0.4) is 0 Å². The van der Waals surface area contributed by atoms with Gasteiger partial charge in [0.2, 0.25) is 11.8 Å². The third-order valence-corrected chi connectivity index (χ3v) is 5.10. The van der Waals surface area contributed by atoms with Crippen LogP contribution in [-0.2, 0) is 9.59 Å². The minimum absolute atomic E-state index is 0.0350. The van der Waals surface area contributed by atoms with Crippen LogP contribution in [0.1, 0.15) is 30.7 Å². The van der Waals surface area contributed by atoms with Gasteiger partial charge in [0.1, 0.15) is 0 Å². The van der Waals surface area contributed by atoms with Gasteiger partial charge in [0.15, 0.2) is 0 Å². The SMILES string of the molecule is C=CC(=O)N1CCC(C(=O)N2CCC(c3ccccc3)CC2)C1. The number of likely N-dealkylation sites (tertiary alicyclic amines) is 2. The average Bonchev–Trinajstić information content (AvgIpc) is 3.11. The number of carbonyl (C=O) groups excluding carboxylic acids is 2. The third kappa shape index (κ3) is 3.46. The number of rotatable bonds is 3. The first-order valence-electron chi connectivity index (χ1n) is 8.44. The molecule has 1 aromatic rings. The molecule has 0 N–H and O–H groups in total. The highest BCUT2D eigenvalue weighted by atomic mass is 16.2. The summed E-state index contributed by atoms with van der Waals surface area (Å²) < 4.78 is 0. The molecular weight excluding hydrogens is 288 g/mol. The molecule has 4 heteroatoms. The van der Waals surface area contributed by atoms with Crippen LogP contribution in [0.4, 0.5) is 0 Å². The van der Waals surface area contributed by atoms with Crippen molar-refractivity contribution in [1.29, 1.82) is 0 Å². The van der Waals surface area contributed by atoms with Crippen LogP contribution in [0.25, 0.3) is 0 Å². The van der Waals surface area contributed by atoms with Gasteiger partial charge in [-0.2, -0.15) is 0 Å². The third-order valence-electron chi connectivity index (χ3n) is 5.10. The van der Waals surface area contributed by atoms with Crippen LogP contribution < -0.4 is 0 Å². The smallest absolute Gasteiger partial charge is 0.245 e. The van der Waals surface area contributed by atoms with Crippen molar-refractivity contribution in [2.45, 2.75) is 25.2 Å². The molecule has 0 aromatic heterocycles. The van der Waals surface area contributed by atoms with Gasteiger partial charge in [-0.15, -0.1) is 0 Å². The molecule has 0 saturated carbocycles. The molecule has 2 aliphatic rings. The van der Waals surface area contributed by atoms with Crippen molar-refractivity contribution in [1.82, 2.24) is 9.80 Å². The second kappa shape index (κ2) is 6.99. The van der Waals surface area contributed by atoms with E-state index in [9.17, 15) is 9.59 Å². The molecule has 4 nitrogen and oxygen atoms in total. The first kappa shape index (κ1) is 15.8. The van der Waals surface area contributed by atoms with E-state index in [1.54, 1.807) is 4.90 Å². The highest BCUT2D eigenvalue weighted by Gasteiger charge is 2.34. The minimum atomic E-state index is -0.0666. The van der Waals surface area contributed by atoms with Gasteiger partial charge >= 0.3 is 0 Å². The zero-order chi connectivity index (χ0) is 16.2. The molecule has 2 saturated heterocycles. The van der Waals surface area contributed by atoms with E-state index in [4.69, 9.17) is 0 Å². The summed E-state index contributed by atoms with van der Waals surface area (Å²) in [5.74, 6) is 0.675. The largest absolute Gasteiger partial charge is 0.342 e. The van der Waals surface area contributed by atoms with Crippen molar-refractivity contribution in [3.05, 3.63) is 48.6 Å². The molecule has 1 unspecified atom stereocenters. The van der Waals surface area contributed by atoms with E-state index in [1.165, 1.54) is 11.6 Å². The zero-order valence-corrected chi connectivity index (χ0v) is 13.5. The second-order valence-corrected chi connectivity index (χ2v) is 6.48. The van der Waals surface area contributed by atoms with Crippen molar-refractivity contribution in [3.63, 3.8) is 0 Å². The molecule has 0 spiro atoms. The summed E-state index contributed by atoms with van der Waals surface area (Å²) in [6, 6.07) is 10.6. The molecule has 2 heterocycles. The number of amides is 2. The van der Waals surface area contributed by atoms with Crippen molar-refractivity contribution >= 4 is 11.8 Å². The zero-order valence-electron chi connectivity index (χ0n) is 13.5. The number of hydrogen-bond donors (Lipinski definition) is 0. The highest BCUT2D eigenvalue weighted by Crippen LogP contribution is 2.29. The average molecular weight is 312 g/mol. The lowest BCUT2D eigenvalue weighted by molar-refractivity contribution is -0.136. The van der Waals surface area contributed by atoms with Crippen LogP contribution in [0, 0.1) is 5.92 Å². The van der Waals surface area contributed by atoms with E-state index < -0.39 is 0 Å². The molecular formula is C19H24N2O2. The van der Waals surface area contributed by atoms with E-state index >= 15 is 0 Å². The Morgan fingerprint density at radius 2 is 1.65 bits per heavy atom. The predicted octanol–water partition coefficient (Wildman–Crippen LogP) is 2.43. The molecule has 0 bridgehead atoms. The Kier molecular flexibility index (Phi) is 4.79. The summed E-state index contributed by atoms with van der Waals surface area (Å²) >= 11 is 0. The van der Waals surface area contributed by atoms with Gasteiger partial charge in [-0.1, -0.05) is 36.9 Å². The molecule has 0 radical (unpaired) electrons. The van der Waals surface area contributed by atoms with Crippen molar-refractivity contribution in [2.24, 2.45) is 5.92 Å². The molecule has 2 amide bonds. The van der Waals surface area contributed by atoms with Gasteiger partial charge in [0.25, 0.3) is 0 Å². The Balaban J connectivity index is 1.53. The molecule has 23 heavy (non-hydrogen) atoms. The molecule has 2 aliphatic heterocycles. The number of piperidine rings is 1. The highest BCUT2D eigenvalue weighted by molar-refractivity contribution is 5.88. The molecule has 2 fully saturated rings. The van der Waals surface area contributed by atoms with E-state index in [1.807, 2.05) is 11.0 Å². The van der Waals surface area contributed by atoms with Crippen molar-refractivity contribution < 1.29 is 9.59 Å². The number of hydrogen-bond acceptors (Lipinski definition) is 2. The van der Waals surface area contributed by atoms with Crippen LogP contribution in [0.2, 0.25) is 0 Å². The number of carbonyl (C=O) groups is 2. The predicted molar refractivity (Wildman–Crippen MR) is 89.9 cm³/mol. The maximum atomic E-state index is 12.7. The molecule has 1 aromatic carbocycles. The minimum Gasteiger partial charge on any atom is -0.342 e. The fourth-order valence-corrected chi connectivity index (χ4v) is 3.71. The number of benzene rings is 1. The first-order chi connectivity index (χ1) is 11.2. The standard InChI is InChI=1S/C19H24N2O2/c1-2-18(22)21-13-10-17(14-21)19(23)20-11-8-16(9-12-20)15-6-4-3-5-7-15/h2-7,16-17H,1,8-14H2. The number of nitrogens with zero attached hydrogens (tertiary/aromatic N) is 2. The summed E-state index contributed by atoms with van der Waals surface area (Å²) in [6.07, 6.45) is 4.16. The maximum Gasteiger partial charge on any atom is 0.245 e. The summed E-state index contributed by atoms with van der Waals surface area (Å²) in [5, 5.41) is 0. The monoisotopic (exact) mass is 312 g/mol. The summed E-state index contributed by atoms with van der Waals surface area (Å²) in [4.78, 5) is 28.0. The van der Waals surface area contributed by atoms with Crippen LogP contribution >= 0.6 is 0 Å². The molecule has 122 valence electrons. The van der Waals surface area contributed by atoms with Crippen molar-refractivity contribution in [3.8, 4) is 0 Å². The Morgan fingerprint density at radius 3 is 2.30 bits per heavy atom. The Bertz CT molecular complexity index is 576. The fraction of sp³-hybridized carbons (Fsp3) is 0.474. The molecule has 0 aliphatic carbocycles. The Labute approximate surface area is 137 Å². The van der Waals surface area contributed by atoms with E-state index in [0.717, 1.165) is 32.4 Å².